The third-order valence-electron chi connectivity index (χ3n) is 4.80. The van der Waals surface area contributed by atoms with Gasteiger partial charge in [-0.3, -0.25) is 9.69 Å². The molecule has 4 nitrogen and oxygen atoms in total. The number of hydrogen-bond donors (Lipinski definition) is 2. The third kappa shape index (κ3) is 4.29. The second-order valence-corrected chi connectivity index (χ2v) is 6.35. The van der Waals surface area contributed by atoms with Crippen molar-refractivity contribution in [2.24, 2.45) is 11.1 Å². The third-order valence-corrected chi connectivity index (χ3v) is 4.80. The van der Waals surface area contributed by atoms with Crippen LogP contribution in [0.15, 0.2) is 24.3 Å². The number of piperidine rings is 1. The van der Waals surface area contributed by atoms with Crippen molar-refractivity contribution in [1.29, 1.82) is 0 Å². The number of hydrogen-bond acceptors (Lipinski definition) is 3. The maximum absolute atomic E-state index is 12.2. The van der Waals surface area contributed by atoms with Gasteiger partial charge in [-0.1, -0.05) is 38.5 Å². The van der Waals surface area contributed by atoms with Gasteiger partial charge in [0.15, 0.2) is 0 Å². The summed E-state index contributed by atoms with van der Waals surface area (Å²) in [7, 11) is 0. The molecule has 1 saturated heterocycles. The lowest BCUT2D eigenvalue weighted by Crippen LogP contribution is -2.42. The number of benzene rings is 1. The van der Waals surface area contributed by atoms with Crippen molar-refractivity contribution in [3.63, 3.8) is 0 Å². The maximum Gasteiger partial charge on any atom is 0.238 e. The molecule has 0 unspecified atom stereocenters. The van der Waals surface area contributed by atoms with Crippen LogP contribution in [-0.4, -0.2) is 30.4 Å². The summed E-state index contributed by atoms with van der Waals surface area (Å²) in [6.07, 6.45) is 3.57. The second kappa shape index (κ2) is 7.05. The van der Waals surface area contributed by atoms with E-state index in [0.717, 1.165) is 24.3 Å². The molecule has 1 amide bonds. The Morgan fingerprint density at radius 3 is 2.62 bits per heavy atom. The zero-order chi connectivity index (χ0) is 15.3. The zero-order valence-corrected chi connectivity index (χ0v) is 13.2. The Morgan fingerprint density at radius 2 is 2.00 bits per heavy atom. The summed E-state index contributed by atoms with van der Waals surface area (Å²) in [6, 6.07) is 7.71. The number of nitrogens with two attached hydrogens (primary N) is 1. The van der Waals surface area contributed by atoms with Gasteiger partial charge < -0.3 is 11.1 Å². The minimum Gasteiger partial charge on any atom is -0.326 e. The van der Waals surface area contributed by atoms with Crippen molar-refractivity contribution in [1.82, 2.24) is 4.90 Å². The number of nitrogens with one attached hydrogen (secondary N) is 1. The second-order valence-electron chi connectivity index (χ2n) is 6.35. The lowest BCUT2D eigenvalue weighted by molar-refractivity contribution is -0.117. The van der Waals surface area contributed by atoms with Gasteiger partial charge in [-0.2, -0.15) is 0 Å². The first kappa shape index (κ1) is 16.0. The van der Waals surface area contributed by atoms with Crippen molar-refractivity contribution in [2.45, 2.75) is 39.7 Å². The number of anilines is 1. The van der Waals surface area contributed by atoms with Crippen LogP contribution in [-0.2, 0) is 11.3 Å². The van der Waals surface area contributed by atoms with Gasteiger partial charge >= 0.3 is 0 Å². The van der Waals surface area contributed by atoms with E-state index in [1.165, 1.54) is 19.3 Å². The molecule has 0 aliphatic carbocycles. The number of likely N-dealkylation sites (tertiary alicyclic amines) is 1. The van der Waals surface area contributed by atoms with Crippen LogP contribution in [0.1, 0.15) is 38.7 Å². The molecule has 3 N–H and O–H groups in total. The number of nitrogens with zero attached hydrogens (tertiary/aromatic N) is 1. The monoisotopic (exact) mass is 289 g/mol. The summed E-state index contributed by atoms with van der Waals surface area (Å²) in [5.74, 6) is 0.0519. The minimum absolute atomic E-state index is 0.0519. The van der Waals surface area contributed by atoms with Crippen LogP contribution in [0.3, 0.4) is 0 Å². The predicted octanol–water partition coefficient (Wildman–Crippen LogP) is 2.60. The van der Waals surface area contributed by atoms with Crippen molar-refractivity contribution in [3.8, 4) is 0 Å². The Labute approximate surface area is 127 Å². The first-order valence-corrected chi connectivity index (χ1v) is 7.86. The Hall–Kier alpha value is -1.39. The van der Waals surface area contributed by atoms with E-state index in [1.54, 1.807) is 0 Å². The number of carbonyl (C=O) groups is 1. The Balaban J connectivity index is 1.86. The molecule has 0 radical (unpaired) electrons. The van der Waals surface area contributed by atoms with Gasteiger partial charge in [0.2, 0.25) is 5.91 Å². The van der Waals surface area contributed by atoms with Crippen LogP contribution in [0, 0.1) is 5.41 Å². The smallest absolute Gasteiger partial charge is 0.238 e. The van der Waals surface area contributed by atoms with E-state index in [1.807, 2.05) is 24.3 Å². The van der Waals surface area contributed by atoms with Gasteiger partial charge in [-0.25, -0.2) is 0 Å². The Morgan fingerprint density at radius 1 is 1.33 bits per heavy atom. The number of rotatable bonds is 5. The average molecular weight is 289 g/mol. The van der Waals surface area contributed by atoms with Crippen molar-refractivity contribution >= 4 is 11.6 Å². The molecule has 0 saturated carbocycles. The summed E-state index contributed by atoms with van der Waals surface area (Å²) in [6.45, 7) is 7.54. The van der Waals surface area contributed by atoms with Crippen LogP contribution in [0.4, 0.5) is 5.69 Å². The highest BCUT2D eigenvalue weighted by Gasteiger charge is 2.28. The topological polar surface area (TPSA) is 58.4 Å². The fourth-order valence-corrected chi connectivity index (χ4v) is 2.82. The van der Waals surface area contributed by atoms with E-state index in [2.05, 4.69) is 24.1 Å². The summed E-state index contributed by atoms with van der Waals surface area (Å²) in [5.41, 5.74) is 7.96. The number of para-hydroxylation sites is 1. The van der Waals surface area contributed by atoms with Crippen LogP contribution in [0.2, 0.25) is 0 Å². The molecule has 1 aliphatic heterocycles. The molecule has 2 rings (SSSR count). The predicted molar refractivity (Wildman–Crippen MR) is 87.0 cm³/mol. The molecule has 1 aromatic rings. The normalized spacial score (nSPS) is 18.4. The quantitative estimate of drug-likeness (QED) is 0.876. The van der Waals surface area contributed by atoms with Crippen LogP contribution >= 0.6 is 0 Å². The van der Waals surface area contributed by atoms with Crippen LogP contribution in [0.5, 0.6) is 0 Å². The highest BCUT2D eigenvalue weighted by atomic mass is 16.2. The number of amides is 1. The molecule has 1 aliphatic rings. The van der Waals surface area contributed by atoms with E-state index >= 15 is 0 Å². The summed E-state index contributed by atoms with van der Waals surface area (Å²) >= 11 is 0. The molecule has 0 spiro atoms. The molecule has 1 heterocycles. The van der Waals surface area contributed by atoms with E-state index in [4.69, 9.17) is 5.73 Å². The fraction of sp³-hybridized carbons (Fsp3) is 0.588. The van der Waals surface area contributed by atoms with Crippen molar-refractivity contribution in [3.05, 3.63) is 29.8 Å². The summed E-state index contributed by atoms with van der Waals surface area (Å²) in [4.78, 5) is 14.4. The standard InChI is InChI=1S/C17H27N3O/c1-3-17(2)8-10-20(11-9-17)13-16(21)19-15-7-5-4-6-14(15)12-18/h4-7H,3,8-13,18H2,1-2H3,(H,19,21). The van der Waals surface area contributed by atoms with E-state index in [0.29, 0.717) is 18.5 Å². The van der Waals surface area contributed by atoms with Crippen LogP contribution in [0.25, 0.3) is 0 Å². The molecule has 1 fully saturated rings. The van der Waals surface area contributed by atoms with Gasteiger partial charge in [0.25, 0.3) is 0 Å². The van der Waals surface area contributed by atoms with Crippen molar-refractivity contribution in [2.75, 3.05) is 25.0 Å². The van der Waals surface area contributed by atoms with E-state index in [-0.39, 0.29) is 5.91 Å². The summed E-state index contributed by atoms with van der Waals surface area (Å²) in [5, 5.41) is 2.98. The lowest BCUT2D eigenvalue weighted by atomic mass is 9.78. The average Bonchev–Trinajstić information content (AvgIpc) is 2.50. The fourth-order valence-electron chi connectivity index (χ4n) is 2.82. The van der Waals surface area contributed by atoms with Crippen LogP contribution < -0.4 is 11.1 Å². The maximum atomic E-state index is 12.2. The molecular formula is C17H27N3O. The minimum atomic E-state index is 0.0519. The largest absolute Gasteiger partial charge is 0.326 e. The highest BCUT2D eigenvalue weighted by Crippen LogP contribution is 2.33. The highest BCUT2D eigenvalue weighted by molar-refractivity contribution is 5.93. The van der Waals surface area contributed by atoms with Gasteiger partial charge in [0.05, 0.1) is 6.54 Å². The molecule has 1 aromatic carbocycles. The van der Waals surface area contributed by atoms with Crippen molar-refractivity contribution < 1.29 is 4.79 Å². The van der Waals surface area contributed by atoms with Gasteiger partial charge in [-0.05, 0) is 43.0 Å². The molecular weight excluding hydrogens is 262 g/mol. The zero-order valence-electron chi connectivity index (χ0n) is 13.2. The number of carbonyl (C=O) groups excluding carboxylic acids is 1. The molecule has 4 heteroatoms. The molecule has 116 valence electrons. The first-order valence-electron chi connectivity index (χ1n) is 7.86. The SMILES string of the molecule is CCC1(C)CCN(CC(=O)Nc2ccccc2CN)CC1. The lowest BCUT2D eigenvalue weighted by Gasteiger charge is -2.38. The molecule has 0 bridgehead atoms. The molecule has 0 atom stereocenters. The van der Waals surface area contributed by atoms with E-state index < -0.39 is 0 Å². The van der Waals surface area contributed by atoms with Gasteiger partial charge in [0, 0.05) is 12.2 Å². The Kier molecular flexibility index (Phi) is 5.37. The van der Waals surface area contributed by atoms with Gasteiger partial charge in [0.1, 0.15) is 0 Å². The molecule has 21 heavy (non-hydrogen) atoms. The van der Waals surface area contributed by atoms with E-state index in [9.17, 15) is 4.79 Å². The first-order chi connectivity index (χ1) is 10.1. The summed E-state index contributed by atoms with van der Waals surface area (Å²) < 4.78 is 0. The Bertz CT molecular complexity index is 479. The van der Waals surface area contributed by atoms with Gasteiger partial charge in [-0.15, -0.1) is 0 Å². The molecule has 0 aromatic heterocycles.